The van der Waals surface area contributed by atoms with Gasteiger partial charge in [0.15, 0.2) is 6.61 Å². The molecule has 0 aliphatic heterocycles. The summed E-state index contributed by atoms with van der Waals surface area (Å²) >= 11 is 18.1. The summed E-state index contributed by atoms with van der Waals surface area (Å²) in [5, 5.41) is 4.23. The zero-order valence-corrected chi connectivity index (χ0v) is 19.4. The van der Waals surface area contributed by atoms with Crippen molar-refractivity contribution < 1.29 is 14.3 Å². The first-order valence-electron chi connectivity index (χ1n) is 9.63. The number of carbonyl (C=O) groups is 2. The lowest BCUT2D eigenvalue weighted by Gasteiger charge is -2.29. The summed E-state index contributed by atoms with van der Waals surface area (Å²) in [7, 11) is 0. The zero-order chi connectivity index (χ0) is 22.3. The van der Waals surface area contributed by atoms with Crippen molar-refractivity contribution in [2.24, 2.45) is 0 Å². The van der Waals surface area contributed by atoms with Gasteiger partial charge >= 0.3 is 0 Å². The summed E-state index contributed by atoms with van der Waals surface area (Å²) in [4.78, 5) is 27.1. The second-order valence-electron chi connectivity index (χ2n) is 7.01. The number of nitrogens with zero attached hydrogens (tertiary/aromatic N) is 1. The normalized spacial score (nSPS) is 12.7. The zero-order valence-electron chi connectivity index (χ0n) is 17.1. The number of benzene rings is 2. The number of nitrogens with one attached hydrogen (secondary N) is 1. The van der Waals surface area contributed by atoms with Crippen LogP contribution in [0.15, 0.2) is 42.5 Å². The highest BCUT2D eigenvalue weighted by molar-refractivity contribution is 6.42. The molecule has 0 radical (unpaired) electrons. The van der Waals surface area contributed by atoms with Crippen LogP contribution in [0.4, 0.5) is 0 Å². The van der Waals surface area contributed by atoms with Crippen molar-refractivity contribution in [3.05, 3.63) is 63.1 Å². The Hall–Kier alpha value is -1.95. The number of hydrogen-bond acceptors (Lipinski definition) is 3. The monoisotopic (exact) mass is 470 g/mol. The van der Waals surface area contributed by atoms with E-state index in [0.717, 1.165) is 12.0 Å². The van der Waals surface area contributed by atoms with Crippen LogP contribution < -0.4 is 10.1 Å². The molecule has 2 atom stereocenters. The molecule has 5 nitrogen and oxygen atoms in total. The molecule has 2 amide bonds. The van der Waals surface area contributed by atoms with E-state index in [1.54, 1.807) is 49.4 Å². The summed E-state index contributed by atoms with van der Waals surface area (Å²) in [6.07, 6.45) is 0.789. The van der Waals surface area contributed by atoms with E-state index in [0.29, 0.717) is 20.8 Å². The van der Waals surface area contributed by atoms with E-state index in [1.807, 2.05) is 13.8 Å². The van der Waals surface area contributed by atoms with Gasteiger partial charge in [-0.2, -0.15) is 0 Å². The first-order valence-corrected chi connectivity index (χ1v) is 10.8. The third-order valence-electron chi connectivity index (χ3n) is 4.66. The fourth-order valence-corrected chi connectivity index (χ4v) is 3.17. The van der Waals surface area contributed by atoms with Gasteiger partial charge in [-0.1, -0.05) is 53.9 Å². The van der Waals surface area contributed by atoms with E-state index >= 15 is 0 Å². The number of ether oxygens (including phenoxy) is 1. The van der Waals surface area contributed by atoms with Crippen molar-refractivity contribution in [3.63, 3.8) is 0 Å². The van der Waals surface area contributed by atoms with Gasteiger partial charge in [0.05, 0.1) is 10.0 Å². The Labute approximate surface area is 192 Å². The molecule has 162 valence electrons. The van der Waals surface area contributed by atoms with E-state index < -0.39 is 6.04 Å². The van der Waals surface area contributed by atoms with Gasteiger partial charge in [-0.15, -0.1) is 0 Å². The lowest BCUT2D eigenvalue weighted by molar-refractivity contribution is -0.142. The summed E-state index contributed by atoms with van der Waals surface area (Å²) in [5.74, 6) is -0.101. The summed E-state index contributed by atoms with van der Waals surface area (Å²) in [6, 6.07) is 11.2. The van der Waals surface area contributed by atoms with Gasteiger partial charge in [0.2, 0.25) is 5.91 Å². The van der Waals surface area contributed by atoms with Crippen LogP contribution in [-0.2, 0) is 16.1 Å². The van der Waals surface area contributed by atoms with E-state index in [2.05, 4.69) is 5.32 Å². The highest BCUT2D eigenvalue weighted by Gasteiger charge is 2.27. The van der Waals surface area contributed by atoms with Gasteiger partial charge in [-0.05, 0) is 56.2 Å². The molecule has 0 heterocycles. The number of hydrogen-bond donors (Lipinski definition) is 1. The van der Waals surface area contributed by atoms with Crippen LogP contribution in [0.25, 0.3) is 0 Å². The topological polar surface area (TPSA) is 58.6 Å². The van der Waals surface area contributed by atoms with Crippen LogP contribution in [0, 0.1) is 0 Å². The van der Waals surface area contributed by atoms with Crippen LogP contribution >= 0.6 is 34.8 Å². The van der Waals surface area contributed by atoms with Crippen molar-refractivity contribution in [1.29, 1.82) is 0 Å². The van der Waals surface area contributed by atoms with Crippen LogP contribution in [-0.4, -0.2) is 35.4 Å². The average molecular weight is 472 g/mol. The Morgan fingerprint density at radius 3 is 2.43 bits per heavy atom. The lowest BCUT2D eigenvalue weighted by atomic mass is 10.1. The molecule has 30 heavy (non-hydrogen) atoms. The van der Waals surface area contributed by atoms with Gasteiger partial charge in [-0.25, -0.2) is 0 Å². The van der Waals surface area contributed by atoms with E-state index in [4.69, 9.17) is 39.5 Å². The summed E-state index contributed by atoms with van der Waals surface area (Å²) in [5.41, 5.74) is 0.753. The number of rotatable bonds is 9. The SMILES string of the molecule is CCC(C)NC(=O)C(C)N(Cc1ccc(Cl)c(Cl)c1)C(=O)COc1cccc(Cl)c1. The molecule has 2 unspecified atom stereocenters. The number of halogens is 3. The molecule has 0 aliphatic carbocycles. The maximum absolute atomic E-state index is 13.0. The van der Waals surface area contributed by atoms with Gasteiger partial charge in [0.25, 0.3) is 5.91 Å². The molecule has 0 bridgehead atoms. The predicted octanol–water partition coefficient (Wildman–Crippen LogP) is 5.36. The number of amides is 2. The Morgan fingerprint density at radius 1 is 1.07 bits per heavy atom. The van der Waals surface area contributed by atoms with Crippen LogP contribution in [0.1, 0.15) is 32.8 Å². The fraction of sp³-hybridized carbons (Fsp3) is 0.364. The molecule has 0 aromatic heterocycles. The number of carbonyl (C=O) groups excluding carboxylic acids is 2. The quantitative estimate of drug-likeness (QED) is 0.536. The van der Waals surface area contributed by atoms with Gasteiger partial charge < -0.3 is 15.0 Å². The van der Waals surface area contributed by atoms with Crippen molar-refractivity contribution in [2.45, 2.75) is 45.8 Å². The first-order chi connectivity index (χ1) is 14.2. The molecule has 0 spiro atoms. The molecule has 0 fully saturated rings. The lowest BCUT2D eigenvalue weighted by Crippen LogP contribution is -2.50. The smallest absolute Gasteiger partial charge is 0.261 e. The van der Waals surface area contributed by atoms with Crippen LogP contribution in [0.2, 0.25) is 15.1 Å². The fourth-order valence-electron chi connectivity index (χ4n) is 2.67. The molecular weight excluding hydrogens is 447 g/mol. The van der Waals surface area contributed by atoms with E-state index in [1.165, 1.54) is 4.90 Å². The second kappa shape index (κ2) is 11.4. The molecule has 0 saturated heterocycles. The van der Waals surface area contributed by atoms with Crippen LogP contribution in [0.5, 0.6) is 5.75 Å². The molecule has 2 rings (SSSR count). The van der Waals surface area contributed by atoms with Crippen molar-refractivity contribution in [1.82, 2.24) is 10.2 Å². The summed E-state index contributed by atoms with van der Waals surface area (Å²) < 4.78 is 5.59. The van der Waals surface area contributed by atoms with Crippen molar-refractivity contribution in [2.75, 3.05) is 6.61 Å². The molecule has 8 heteroatoms. The van der Waals surface area contributed by atoms with Gasteiger partial charge in [-0.3, -0.25) is 9.59 Å². The maximum Gasteiger partial charge on any atom is 0.261 e. The highest BCUT2D eigenvalue weighted by Crippen LogP contribution is 2.24. The van der Waals surface area contributed by atoms with Crippen molar-refractivity contribution >= 4 is 46.6 Å². The standard InChI is InChI=1S/C22H25Cl3N2O3/c1-4-14(2)26-22(29)15(3)27(12-16-8-9-19(24)20(25)10-16)21(28)13-30-18-7-5-6-17(23)11-18/h5-11,14-15H,4,12-13H2,1-3H3,(H,26,29). The van der Waals surface area contributed by atoms with Gasteiger partial charge in [0, 0.05) is 17.6 Å². The molecule has 2 aromatic rings. The second-order valence-corrected chi connectivity index (χ2v) is 8.26. The molecule has 2 aromatic carbocycles. The highest BCUT2D eigenvalue weighted by atomic mass is 35.5. The van der Waals surface area contributed by atoms with E-state index in [9.17, 15) is 9.59 Å². The largest absolute Gasteiger partial charge is 0.484 e. The summed E-state index contributed by atoms with van der Waals surface area (Å²) in [6.45, 7) is 5.53. The Bertz CT molecular complexity index is 892. The predicted molar refractivity (Wildman–Crippen MR) is 121 cm³/mol. The Balaban J connectivity index is 2.18. The van der Waals surface area contributed by atoms with Crippen molar-refractivity contribution in [3.8, 4) is 5.75 Å². The molecule has 0 aliphatic rings. The molecule has 1 N–H and O–H groups in total. The third-order valence-corrected chi connectivity index (χ3v) is 5.64. The molecular formula is C22H25Cl3N2O3. The average Bonchev–Trinajstić information content (AvgIpc) is 2.72. The minimum Gasteiger partial charge on any atom is -0.484 e. The van der Waals surface area contributed by atoms with Crippen LogP contribution in [0.3, 0.4) is 0 Å². The molecule has 0 saturated carbocycles. The minimum atomic E-state index is -0.705. The Kier molecular flexibility index (Phi) is 9.28. The first kappa shape index (κ1) is 24.3. The third kappa shape index (κ3) is 7.08. The van der Waals surface area contributed by atoms with Gasteiger partial charge in [0.1, 0.15) is 11.8 Å². The van der Waals surface area contributed by atoms with E-state index in [-0.39, 0.29) is 31.0 Å². The minimum absolute atomic E-state index is 0.00425. The Morgan fingerprint density at radius 2 is 1.80 bits per heavy atom. The maximum atomic E-state index is 13.0.